The van der Waals surface area contributed by atoms with Gasteiger partial charge in [0.05, 0.1) is 18.6 Å². The van der Waals surface area contributed by atoms with E-state index in [1.165, 1.54) is 0 Å². The Morgan fingerprint density at radius 3 is 2.93 bits per heavy atom. The van der Waals surface area contributed by atoms with Gasteiger partial charge in [-0.1, -0.05) is 0 Å². The first-order valence-corrected chi connectivity index (χ1v) is 4.78. The van der Waals surface area contributed by atoms with Crippen molar-refractivity contribution in [3.8, 4) is 0 Å². The fourth-order valence-electron chi connectivity index (χ4n) is 2.01. The molecule has 2 rings (SSSR count). The van der Waals surface area contributed by atoms with E-state index in [4.69, 9.17) is 14.6 Å². The van der Waals surface area contributed by atoms with Crippen LogP contribution in [0.15, 0.2) is 0 Å². The first-order valence-electron chi connectivity index (χ1n) is 4.78. The van der Waals surface area contributed by atoms with Crippen molar-refractivity contribution in [3.05, 3.63) is 0 Å². The van der Waals surface area contributed by atoms with Crippen molar-refractivity contribution in [3.63, 3.8) is 0 Å². The van der Waals surface area contributed by atoms with E-state index >= 15 is 0 Å². The van der Waals surface area contributed by atoms with Gasteiger partial charge in [-0.15, -0.1) is 0 Å². The molecule has 2 fully saturated rings. The molecule has 5 atom stereocenters. The second kappa shape index (κ2) is 3.49. The number of fused-ring (bicyclic) bond motifs is 1. The third kappa shape index (κ3) is 1.41. The van der Waals surface area contributed by atoms with E-state index in [1.54, 1.807) is 6.92 Å². The number of ether oxygens (including phenoxy) is 2. The number of carbonyl (C=O) groups is 1. The Balaban J connectivity index is 2.10. The largest absolute Gasteiger partial charge is 0.459 e. The molecular weight excluding hydrogens is 188 g/mol. The summed E-state index contributed by atoms with van der Waals surface area (Å²) in [7, 11) is 0. The summed E-state index contributed by atoms with van der Waals surface area (Å²) in [5.41, 5.74) is 0. The van der Waals surface area contributed by atoms with Crippen molar-refractivity contribution in [2.75, 3.05) is 6.61 Å². The van der Waals surface area contributed by atoms with Gasteiger partial charge in [0.15, 0.2) is 0 Å². The number of hydrogen-bond acceptors (Lipinski definition) is 5. The Kier molecular flexibility index (Phi) is 2.47. The highest BCUT2D eigenvalue weighted by Gasteiger charge is 2.49. The maximum Gasteiger partial charge on any atom is 0.311 e. The van der Waals surface area contributed by atoms with Crippen LogP contribution in [-0.2, 0) is 14.3 Å². The molecule has 5 nitrogen and oxygen atoms in total. The SMILES string of the molecule is C[C@@H]1C(=O)OC2C[C@@H](O)[C@@H](CO)O[C@H]21. The van der Waals surface area contributed by atoms with E-state index in [2.05, 4.69) is 0 Å². The van der Waals surface area contributed by atoms with Gasteiger partial charge in [0, 0.05) is 6.42 Å². The molecule has 0 saturated carbocycles. The number of aliphatic hydroxyl groups is 2. The third-order valence-electron chi connectivity index (χ3n) is 2.91. The highest BCUT2D eigenvalue weighted by Crippen LogP contribution is 2.33. The van der Waals surface area contributed by atoms with Crippen LogP contribution in [0.4, 0.5) is 0 Å². The lowest BCUT2D eigenvalue weighted by atomic mass is 9.94. The standard InChI is InChI=1S/C9H14O5/c1-4-8-6(14-9(4)12)2-5(11)7(3-10)13-8/h4-8,10-11H,2-3H2,1H3/t4-,5+,6?,7+,8-/m0/s1. The van der Waals surface area contributed by atoms with Crippen LogP contribution < -0.4 is 0 Å². The van der Waals surface area contributed by atoms with Gasteiger partial charge in [-0.25, -0.2) is 0 Å². The number of rotatable bonds is 1. The van der Waals surface area contributed by atoms with Crippen LogP contribution in [0, 0.1) is 5.92 Å². The van der Waals surface area contributed by atoms with Crippen molar-refractivity contribution in [1.82, 2.24) is 0 Å². The molecule has 0 aromatic heterocycles. The van der Waals surface area contributed by atoms with Gasteiger partial charge in [0.2, 0.25) is 0 Å². The average Bonchev–Trinajstić information content (AvgIpc) is 2.41. The second-order valence-electron chi connectivity index (χ2n) is 3.89. The van der Waals surface area contributed by atoms with Crippen LogP contribution >= 0.6 is 0 Å². The van der Waals surface area contributed by atoms with Crippen molar-refractivity contribution in [2.24, 2.45) is 5.92 Å². The van der Waals surface area contributed by atoms with Gasteiger partial charge >= 0.3 is 5.97 Å². The highest BCUT2D eigenvalue weighted by atomic mass is 16.6. The van der Waals surface area contributed by atoms with E-state index in [0.717, 1.165) is 0 Å². The molecule has 1 unspecified atom stereocenters. The van der Waals surface area contributed by atoms with Gasteiger partial charge < -0.3 is 19.7 Å². The number of hydrogen-bond donors (Lipinski definition) is 2. The Labute approximate surface area is 81.6 Å². The zero-order valence-corrected chi connectivity index (χ0v) is 7.92. The van der Waals surface area contributed by atoms with Gasteiger partial charge in [-0.2, -0.15) is 0 Å². The maximum absolute atomic E-state index is 11.2. The third-order valence-corrected chi connectivity index (χ3v) is 2.91. The molecule has 2 saturated heterocycles. The number of carbonyl (C=O) groups excluding carboxylic acids is 1. The molecule has 0 spiro atoms. The van der Waals surface area contributed by atoms with Crippen LogP contribution in [-0.4, -0.2) is 47.2 Å². The molecule has 80 valence electrons. The molecule has 2 heterocycles. The van der Waals surface area contributed by atoms with Crippen LogP contribution in [0.3, 0.4) is 0 Å². The van der Waals surface area contributed by atoms with Gasteiger partial charge in [0.1, 0.15) is 18.3 Å². The highest BCUT2D eigenvalue weighted by molar-refractivity contribution is 5.75. The van der Waals surface area contributed by atoms with Crippen molar-refractivity contribution in [1.29, 1.82) is 0 Å². The Hall–Kier alpha value is -0.650. The molecule has 5 heteroatoms. The monoisotopic (exact) mass is 202 g/mol. The Bertz CT molecular complexity index is 241. The molecule has 0 aromatic rings. The minimum absolute atomic E-state index is 0.231. The van der Waals surface area contributed by atoms with Gasteiger partial charge in [-0.05, 0) is 6.92 Å². The smallest absolute Gasteiger partial charge is 0.311 e. The molecule has 2 N–H and O–H groups in total. The van der Waals surface area contributed by atoms with Crippen LogP contribution in [0.2, 0.25) is 0 Å². The lowest BCUT2D eigenvalue weighted by Crippen LogP contribution is -2.48. The lowest BCUT2D eigenvalue weighted by Gasteiger charge is -2.34. The minimum Gasteiger partial charge on any atom is -0.459 e. The predicted molar refractivity (Wildman–Crippen MR) is 45.4 cm³/mol. The van der Waals surface area contributed by atoms with E-state index in [9.17, 15) is 9.90 Å². The quantitative estimate of drug-likeness (QED) is 0.537. The normalized spacial score (nSPS) is 47.4. The van der Waals surface area contributed by atoms with Crippen LogP contribution in [0.5, 0.6) is 0 Å². The van der Waals surface area contributed by atoms with E-state index < -0.39 is 12.2 Å². The fraction of sp³-hybridized carbons (Fsp3) is 0.889. The molecular formula is C9H14O5. The number of aliphatic hydroxyl groups excluding tert-OH is 2. The number of esters is 1. The summed E-state index contributed by atoms with van der Waals surface area (Å²) < 4.78 is 10.4. The lowest BCUT2D eigenvalue weighted by molar-refractivity contribution is -0.170. The van der Waals surface area contributed by atoms with Crippen LogP contribution in [0.25, 0.3) is 0 Å². The zero-order chi connectivity index (χ0) is 10.3. The molecule has 2 aliphatic rings. The molecule has 0 radical (unpaired) electrons. The second-order valence-corrected chi connectivity index (χ2v) is 3.89. The zero-order valence-electron chi connectivity index (χ0n) is 7.92. The molecule has 0 amide bonds. The maximum atomic E-state index is 11.2. The summed E-state index contributed by atoms with van der Waals surface area (Å²) >= 11 is 0. The van der Waals surface area contributed by atoms with E-state index in [-0.39, 0.29) is 30.7 Å². The van der Waals surface area contributed by atoms with Crippen molar-refractivity contribution < 1.29 is 24.5 Å². The molecule has 0 aliphatic carbocycles. The summed E-state index contributed by atoms with van der Waals surface area (Å²) in [6, 6.07) is 0. The van der Waals surface area contributed by atoms with Crippen molar-refractivity contribution >= 4 is 5.97 Å². The van der Waals surface area contributed by atoms with E-state index in [1.807, 2.05) is 0 Å². The summed E-state index contributed by atoms with van der Waals surface area (Å²) in [5.74, 6) is -0.590. The Morgan fingerprint density at radius 1 is 1.57 bits per heavy atom. The molecule has 0 bridgehead atoms. The first kappa shape index (κ1) is 9.89. The summed E-state index contributed by atoms with van der Waals surface area (Å²) in [5, 5.41) is 18.4. The minimum atomic E-state index is -0.751. The molecule has 0 aromatic carbocycles. The molecule has 2 aliphatic heterocycles. The molecule has 14 heavy (non-hydrogen) atoms. The van der Waals surface area contributed by atoms with Crippen molar-refractivity contribution in [2.45, 2.75) is 37.8 Å². The Morgan fingerprint density at radius 2 is 2.29 bits per heavy atom. The predicted octanol–water partition coefficient (Wildman–Crippen LogP) is -0.941. The summed E-state index contributed by atoms with van der Waals surface area (Å²) in [6.45, 7) is 1.50. The fourth-order valence-corrected chi connectivity index (χ4v) is 2.01. The first-order chi connectivity index (χ1) is 6.63. The van der Waals surface area contributed by atoms with Gasteiger partial charge in [0.25, 0.3) is 0 Å². The summed E-state index contributed by atoms with van der Waals surface area (Å²) in [4.78, 5) is 11.2. The van der Waals surface area contributed by atoms with Gasteiger partial charge in [-0.3, -0.25) is 4.79 Å². The summed E-state index contributed by atoms with van der Waals surface area (Å²) in [6.07, 6.45) is -1.66. The topological polar surface area (TPSA) is 76.0 Å². The van der Waals surface area contributed by atoms with Crippen LogP contribution in [0.1, 0.15) is 13.3 Å². The van der Waals surface area contributed by atoms with E-state index in [0.29, 0.717) is 6.42 Å². The average molecular weight is 202 g/mol.